The Balaban J connectivity index is 1.23. The lowest BCUT2D eigenvalue weighted by Gasteiger charge is -2.26. The summed E-state index contributed by atoms with van der Waals surface area (Å²) in [5, 5.41) is 4.60. The molecule has 4 aromatic carbocycles. The first-order chi connectivity index (χ1) is 17.5. The molecule has 0 aromatic heterocycles. The van der Waals surface area contributed by atoms with E-state index in [0.717, 1.165) is 49.2 Å². The number of carbonyl (C=O) groups excluding carboxylic acids is 1. The molecule has 0 spiro atoms. The van der Waals surface area contributed by atoms with Crippen LogP contribution >= 0.6 is 0 Å². The Hall–Kier alpha value is -3.72. The smallest absolute Gasteiger partial charge is 0.261 e. The zero-order valence-electron chi connectivity index (χ0n) is 19.7. The Kier molecular flexibility index (Phi) is 6.99. The van der Waals surface area contributed by atoms with Gasteiger partial charge in [-0.2, -0.15) is 0 Å². The number of benzene rings is 4. The molecule has 0 unspecified atom stereocenters. The third-order valence-electron chi connectivity index (χ3n) is 6.18. The van der Waals surface area contributed by atoms with Crippen molar-refractivity contribution in [1.29, 1.82) is 0 Å². The van der Waals surface area contributed by atoms with Crippen molar-refractivity contribution in [2.45, 2.75) is 11.4 Å². The van der Waals surface area contributed by atoms with E-state index in [9.17, 15) is 13.2 Å². The van der Waals surface area contributed by atoms with E-state index in [1.54, 1.807) is 30.3 Å². The summed E-state index contributed by atoms with van der Waals surface area (Å²) in [7, 11) is -3.79. The molecule has 1 fully saturated rings. The lowest BCUT2D eigenvalue weighted by molar-refractivity contribution is 0.0342. The van der Waals surface area contributed by atoms with Gasteiger partial charge in [0, 0.05) is 36.3 Å². The summed E-state index contributed by atoms with van der Waals surface area (Å²) in [6, 6.07) is 26.7. The number of anilines is 2. The van der Waals surface area contributed by atoms with Gasteiger partial charge in [-0.1, -0.05) is 48.5 Å². The summed E-state index contributed by atoms with van der Waals surface area (Å²) in [4.78, 5) is 15.1. The Morgan fingerprint density at radius 3 is 2.28 bits per heavy atom. The zero-order valence-corrected chi connectivity index (χ0v) is 20.5. The lowest BCUT2D eigenvalue weighted by atomic mass is 10.1. The van der Waals surface area contributed by atoms with Crippen LogP contribution in [0.3, 0.4) is 0 Å². The molecule has 1 aliphatic heterocycles. The molecule has 1 heterocycles. The van der Waals surface area contributed by atoms with Crippen LogP contribution in [-0.2, 0) is 21.3 Å². The van der Waals surface area contributed by atoms with Crippen molar-refractivity contribution in [3.8, 4) is 0 Å². The van der Waals surface area contributed by atoms with Gasteiger partial charge in [-0.25, -0.2) is 8.42 Å². The van der Waals surface area contributed by atoms with Gasteiger partial charge in [0.05, 0.1) is 23.8 Å². The molecule has 7 nitrogen and oxygen atoms in total. The van der Waals surface area contributed by atoms with Crippen LogP contribution in [0.2, 0.25) is 0 Å². The van der Waals surface area contributed by atoms with Gasteiger partial charge in [0.15, 0.2) is 0 Å². The molecule has 8 heteroatoms. The largest absolute Gasteiger partial charge is 0.379 e. The van der Waals surface area contributed by atoms with Crippen LogP contribution in [0, 0.1) is 0 Å². The highest BCUT2D eigenvalue weighted by Crippen LogP contribution is 2.26. The first-order valence-electron chi connectivity index (χ1n) is 11.8. The van der Waals surface area contributed by atoms with E-state index in [0.29, 0.717) is 16.9 Å². The fraction of sp³-hybridized carbons (Fsp3) is 0.179. The number of hydrogen-bond acceptors (Lipinski definition) is 5. The normalized spacial score (nSPS) is 14.4. The first-order valence-corrected chi connectivity index (χ1v) is 13.3. The van der Waals surface area contributed by atoms with E-state index in [-0.39, 0.29) is 10.8 Å². The monoisotopic (exact) mass is 501 g/mol. The molecule has 5 rings (SSSR count). The standard InChI is InChI=1S/C28H27N3O4S/c32-28(23-10-8-21(9-11-23)20-31-16-18-35-19-17-31)29-24-12-14-25(15-13-24)36(33,34)30-27-7-3-5-22-4-1-2-6-26(22)27/h1-15,30H,16-20H2,(H,29,32). The van der Waals surface area contributed by atoms with Crippen molar-refractivity contribution in [2.75, 3.05) is 36.3 Å². The minimum absolute atomic E-state index is 0.112. The summed E-state index contributed by atoms with van der Waals surface area (Å²) >= 11 is 0. The van der Waals surface area contributed by atoms with E-state index in [2.05, 4.69) is 14.9 Å². The molecule has 4 aromatic rings. The Morgan fingerprint density at radius 1 is 0.833 bits per heavy atom. The van der Waals surface area contributed by atoms with Gasteiger partial charge in [0.1, 0.15) is 0 Å². The van der Waals surface area contributed by atoms with Crippen molar-refractivity contribution in [1.82, 2.24) is 4.90 Å². The summed E-state index contributed by atoms with van der Waals surface area (Å²) in [5.74, 6) is -0.252. The third-order valence-corrected chi connectivity index (χ3v) is 7.56. The molecule has 2 N–H and O–H groups in total. The van der Waals surface area contributed by atoms with Crippen molar-refractivity contribution >= 4 is 38.1 Å². The van der Waals surface area contributed by atoms with Crippen LogP contribution in [-0.4, -0.2) is 45.5 Å². The summed E-state index contributed by atoms with van der Waals surface area (Å²) in [5.41, 5.74) is 2.71. The maximum absolute atomic E-state index is 13.0. The number of fused-ring (bicyclic) bond motifs is 1. The topological polar surface area (TPSA) is 87.7 Å². The SMILES string of the molecule is O=C(Nc1ccc(S(=O)(=O)Nc2cccc3ccccc23)cc1)c1ccc(CN2CCOCC2)cc1. The van der Waals surface area contributed by atoms with Crippen LogP contribution in [0.25, 0.3) is 10.8 Å². The van der Waals surface area contributed by atoms with Gasteiger partial charge in [-0.15, -0.1) is 0 Å². The third kappa shape index (κ3) is 5.57. The molecule has 0 bridgehead atoms. The van der Waals surface area contributed by atoms with Crippen LogP contribution < -0.4 is 10.0 Å². The summed E-state index contributed by atoms with van der Waals surface area (Å²) in [6.07, 6.45) is 0. The quantitative estimate of drug-likeness (QED) is 0.383. The predicted octanol–water partition coefficient (Wildman–Crippen LogP) is 4.73. The average Bonchev–Trinajstić information content (AvgIpc) is 2.90. The lowest BCUT2D eigenvalue weighted by Crippen LogP contribution is -2.35. The molecule has 1 saturated heterocycles. The predicted molar refractivity (Wildman–Crippen MR) is 142 cm³/mol. The second-order valence-electron chi connectivity index (χ2n) is 8.70. The molecule has 0 atom stereocenters. The Labute approximate surface area is 210 Å². The minimum Gasteiger partial charge on any atom is -0.379 e. The van der Waals surface area contributed by atoms with E-state index >= 15 is 0 Å². The van der Waals surface area contributed by atoms with E-state index in [4.69, 9.17) is 4.74 Å². The molecule has 0 radical (unpaired) electrons. The molecular weight excluding hydrogens is 474 g/mol. The average molecular weight is 502 g/mol. The van der Waals surface area contributed by atoms with Gasteiger partial charge < -0.3 is 10.1 Å². The molecule has 36 heavy (non-hydrogen) atoms. The number of ether oxygens (including phenoxy) is 1. The van der Waals surface area contributed by atoms with Crippen LogP contribution in [0.4, 0.5) is 11.4 Å². The van der Waals surface area contributed by atoms with E-state index in [1.807, 2.05) is 48.5 Å². The van der Waals surface area contributed by atoms with E-state index < -0.39 is 10.0 Å². The van der Waals surface area contributed by atoms with Crippen molar-refractivity contribution in [3.63, 3.8) is 0 Å². The molecule has 184 valence electrons. The molecule has 1 aliphatic rings. The number of amides is 1. The number of carbonyl (C=O) groups is 1. The Bertz CT molecular complexity index is 1460. The second-order valence-corrected chi connectivity index (χ2v) is 10.4. The highest BCUT2D eigenvalue weighted by atomic mass is 32.2. The Morgan fingerprint density at radius 2 is 1.53 bits per heavy atom. The van der Waals surface area contributed by atoms with Gasteiger partial charge in [-0.05, 0) is 53.4 Å². The number of nitrogens with one attached hydrogen (secondary N) is 2. The van der Waals surface area contributed by atoms with Crippen LogP contribution in [0.1, 0.15) is 15.9 Å². The van der Waals surface area contributed by atoms with Gasteiger partial charge in [0.2, 0.25) is 0 Å². The highest BCUT2D eigenvalue weighted by molar-refractivity contribution is 7.92. The highest BCUT2D eigenvalue weighted by Gasteiger charge is 2.16. The summed E-state index contributed by atoms with van der Waals surface area (Å²) < 4.78 is 34.0. The second kappa shape index (κ2) is 10.5. The molecule has 0 saturated carbocycles. The number of rotatable bonds is 7. The van der Waals surface area contributed by atoms with Gasteiger partial charge in [-0.3, -0.25) is 14.4 Å². The number of hydrogen-bond donors (Lipinski definition) is 2. The number of morpholine rings is 1. The van der Waals surface area contributed by atoms with Crippen molar-refractivity contribution in [2.24, 2.45) is 0 Å². The van der Waals surface area contributed by atoms with Crippen molar-refractivity contribution < 1.29 is 17.9 Å². The van der Waals surface area contributed by atoms with Gasteiger partial charge in [0.25, 0.3) is 15.9 Å². The van der Waals surface area contributed by atoms with E-state index in [1.165, 1.54) is 12.1 Å². The summed E-state index contributed by atoms with van der Waals surface area (Å²) in [6.45, 7) is 4.14. The maximum Gasteiger partial charge on any atom is 0.261 e. The van der Waals surface area contributed by atoms with Crippen molar-refractivity contribution in [3.05, 3.63) is 102 Å². The minimum atomic E-state index is -3.79. The maximum atomic E-state index is 13.0. The molecular formula is C28H27N3O4S. The van der Waals surface area contributed by atoms with Crippen LogP contribution in [0.15, 0.2) is 95.9 Å². The number of sulfonamides is 1. The fourth-order valence-electron chi connectivity index (χ4n) is 4.22. The molecule has 0 aliphatic carbocycles. The van der Waals surface area contributed by atoms with Gasteiger partial charge >= 0.3 is 0 Å². The molecule has 1 amide bonds. The first kappa shape index (κ1) is 24.0. The zero-order chi connectivity index (χ0) is 25.0. The fourth-order valence-corrected chi connectivity index (χ4v) is 5.30. The van der Waals surface area contributed by atoms with Crippen LogP contribution in [0.5, 0.6) is 0 Å². The number of nitrogens with zero attached hydrogens (tertiary/aromatic N) is 1.